The highest BCUT2D eigenvalue weighted by atomic mass is 35.5. The van der Waals surface area contributed by atoms with Gasteiger partial charge in [-0.25, -0.2) is 14.4 Å². The topological polar surface area (TPSA) is 79.9 Å². The van der Waals surface area contributed by atoms with E-state index in [1.165, 1.54) is 16.8 Å². The van der Waals surface area contributed by atoms with Gasteiger partial charge in [0.1, 0.15) is 19.0 Å². The van der Waals surface area contributed by atoms with E-state index < -0.39 is 25.8 Å². The molecule has 0 unspecified atom stereocenters. The maximum atomic E-state index is 15.1. The SMILES string of the molecule is C[Si](C)(C)CCOCn1ccc2c(OCc3cnc(-c4nc(C(F)(F)F)cn4C4CC4)c(F)c3)nc(Cl)nc21. The third-order valence-corrected chi connectivity index (χ3v) is 8.10. The van der Waals surface area contributed by atoms with Crippen LogP contribution in [0.15, 0.2) is 30.7 Å². The number of hydrogen-bond donors (Lipinski definition) is 0. The molecule has 1 aliphatic rings. The predicted molar refractivity (Wildman–Crippen MR) is 140 cm³/mol. The van der Waals surface area contributed by atoms with Gasteiger partial charge in [0.25, 0.3) is 0 Å². The van der Waals surface area contributed by atoms with E-state index in [-0.39, 0.29) is 35.3 Å². The molecule has 1 aliphatic carbocycles. The zero-order chi connectivity index (χ0) is 27.9. The van der Waals surface area contributed by atoms with Crippen molar-refractivity contribution in [1.29, 1.82) is 0 Å². The lowest BCUT2D eigenvalue weighted by atomic mass is 10.2. The van der Waals surface area contributed by atoms with Crippen LogP contribution in [0.3, 0.4) is 0 Å². The van der Waals surface area contributed by atoms with Gasteiger partial charge in [0.15, 0.2) is 23.0 Å². The first-order valence-corrected chi connectivity index (χ1v) is 16.5. The molecule has 39 heavy (non-hydrogen) atoms. The van der Waals surface area contributed by atoms with Crippen molar-refractivity contribution in [3.63, 3.8) is 0 Å². The molecule has 0 aromatic carbocycles. The minimum Gasteiger partial charge on any atom is -0.472 e. The molecule has 4 aromatic rings. The van der Waals surface area contributed by atoms with Gasteiger partial charge >= 0.3 is 6.18 Å². The lowest BCUT2D eigenvalue weighted by Crippen LogP contribution is -2.22. The molecule has 8 nitrogen and oxygen atoms in total. The number of halogens is 5. The van der Waals surface area contributed by atoms with Crippen molar-refractivity contribution in [1.82, 2.24) is 29.1 Å². The van der Waals surface area contributed by atoms with Gasteiger partial charge in [-0.2, -0.15) is 23.1 Å². The molecule has 0 N–H and O–H groups in total. The Morgan fingerprint density at radius 3 is 2.59 bits per heavy atom. The Hall–Kier alpha value is -3.03. The normalized spacial score (nSPS) is 14.4. The molecular weight excluding hydrogens is 556 g/mol. The highest BCUT2D eigenvalue weighted by Crippen LogP contribution is 2.41. The van der Waals surface area contributed by atoms with Gasteiger partial charge < -0.3 is 18.6 Å². The Kier molecular flexibility index (Phi) is 7.42. The average molecular weight is 583 g/mol. The predicted octanol–water partition coefficient (Wildman–Crippen LogP) is 6.73. The summed E-state index contributed by atoms with van der Waals surface area (Å²) in [5.74, 6) is -0.744. The van der Waals surface area contributed by atoms with Crippen LogP contribution in [-0.2, 0) is 24.3 Å². The molecule has 0 radical (unpaired) electrons. The van der Waals surface area contributed by atoms with Gasteiger partial charge in [0.2, 0.25) is 11.2 Å². The number of aromatic nitrogens is 6. The minimum absolute atomic E-state index is 0.0217. The van der Waals surface area contributed by atoms with Crippen molar-refractivity contribution in [2.45, 2.75) is 64.1 Å². The van der Waals surface area contributed by atoms with Crippen LogP contribution in [0.1, 0.15) is 30.1 Å². The Bertz CT molecular complexity index is 1500. The number of fused-ring (bicyclic) bond motifs is 1. The molecule has 1 saturated carbocycles. The summed E-state index contributed by atoms with van der Waals surface area (Å²) in [5, 5.41) is 0.580. The molecule has 14 heteroatoms. The quantitative estimate of drug-likeness (QED) is 0.0893. The van der Waals surface area contributed by atoms with Gasteiger partial charge in [0, 0.05) is 44.9 Å². The van der Waals surface area contributed by atoms with Gasteiger partial charge in [-0.05, 0) is 42.6 Å². The Morgan fingerprint density at radius 1 is 1.15 bits per heavy atom. The van der Waals surface area contributed by atoms with Crippen LogP contribution in [0.2, 0.25) is 31.0 Å². The van der Waals surface area contributed by atoms with Crippen molar-refractivity contribution in [2.24, 2.45) is 0 Å². The highest BCUT2D eigenvalue weighted by Gasteiger charge is 2.38. The van der Waals surface area contributed by atoms with E-state index in [4.69, 9.17) is 21.1 Å². The molecule has 208 valence electrons. The van der Waals surface area contributed by atoms with E-state index in [0.29, 0.717) is 42.8 Å². The summed E-state index contributed by atoms with van der Waals surface area (Å²) in [6, 6.07) is 3.83. The second kappa shape index (κ2) is 10.5. The molecule has 1 fully saturated rings. The van der Waals surface area contributed by atoms with Gasteiger partial charge in [-0.1, -0.05) is 19.6 Å². The molecule has 4 aromatic heterocycles. The van der Waals surface area contributed by atoms with Crippen LogP contribution in [0.4, 0.5) is 17.6 Å². The Morgan fingerprint density at radius 2 is 1.92 bits per heavy atom. The number of hydrogen-bond acceptors (Lipinski definition) is 6. The van der Waals surface area contributed by atoms with Crippen molar-refractivity contribution in [3.8, 4) is 17.4 Å². The monoisotopic (exact) mass is 582 g/mol. The van der Waals surface area contributed by atoms with Crippen LogP contribution in [0.5, 0.6) is 5.88 Å². The number of nitrogens with zero attached hydrogens (tertiary/aromatic N) is 6. The summed E-state index contributed by atoms with van der Waals surface area (Å²) in [6.45, 7) is 7.67. The molecule has 0 saturated heterocycles. The molecule has 4 heterocycles. The molecule has 0 bridgehead atoms. The lowest BCUT2D eigenvalue weighted by molar-refractivity contribution is -0.140. The van der Waals surface area contributed by atoms with Crippen LogP contribution >= 0.6 is 11.6 Å². The van der Waals surface area contributed by atoms with Gasteiger partial charge in [-0.15, -0.1) is 0 Å². The first-order chi connectivity index (χ1) is 18.4. The van der Waals surface area contributed by atoms with E-state index in [9.17, 15) is 13.2 Å². The van der Waals surface area contributed by atoms with Crippen molar-refractivity contribution < 1.29 is 27.0 Å². The number of imidazole rings is 1. The molecule has 5 rings (SSSR count). The molecule has 0 aliphatic heterocycles. The summed E-state index contributed by atoms with van der Waals surface area (Å²) in [4.78, 5) is 16.2. The number of rotatable bonds is 10. The van der Waals surface area contributed by atoms with Gasteiger partial charge in [-0.3, -0.25) is 0 Å². The maximum absolute atomic E-state index is 15.1. The lowest BCUT2D eigenvalue weighted by Gasteiger charge is -2.15. The summed E-state index contributed by atoms with van der Waals surface area (Å²) in [7, 11) is -1.22. The minimum atomic E-state index is -4.64. The smallest absolute Gasteiger partial charge is 0.434 e. The van der Waals surface area contributed by atoms with E-state index in [1.54, 1.807) is 16.8 Å². The summed E-state index contributed by atoms with van der Waals surface area (Å²) in [6.07, 6.45) is 0.827. The molecule has 0 spiro atoms. The average Bonchev–Trinajstić information content (AvgIpc) is 3.45. The Labute approximate surface area is 228 Å². The van der Waals surface area contributed by atoms with Crippen LogP contribution in [0.25, 0.3) is 22.6 Å². The fourth-order valence-electron chi connectivity index (χ4n) is 3.98. The molecular formula is C25H27ClF4N6O2Si. The fraction of sp³-hybridized carbons (Fsp3) is 0.440. The van der Waals surface area contributed by atoms with E-state index in [1.807, 2.05) is 0 Å². The molecule has 0 atom stereocenters. The molecule has 0 amide bonds. The second-order valence-electron chi connectivity index (χ2n) is 10.7. The number of pyridine rings is 1. The summed E-state index contributed by atoms with van der Waals surface area (Å²) >= 11 is 6.14. The van der Waals surface area contributed by atoms with Gasteiger partial charge in [0.05, 0.1) is 5.39 Å². The van der Waals surface area contributed by atoms with Crippen molar-refractivity contribution in [2.75, 3.05) is 6.61 Å². The summed E-state index contributed by atoms with van der Waals surface area (Å²) in [5.41, 5.74) is -0.435. The first-order valence-electron chi connectivity index (χ1n) is 12.4. The third-order valence-electron chi connectivity index (χ3n) is 6.23. The number of alkyl halides is 3. The largest absolute Gasteiger partial charge is 0.472 e. The maximum Gasteiger partial charge on any atom is 0.434 e. The van der Waals surface area contributed by atoms with E-state index in [0.717, 1.165) is 12.2 Å². The van der Waals surface area contributed by atoms with Crippen LogP contribution in [0, 0.1) is 5.82 Å². The second-order valence-corrected chi connectivity index (χ2v) is 16.7. The fourth-order valence-corrected chi connectivity index (χ4v) is 4.89. The first kappa shape index (κ1) is 27.5. The summed E-state index contributed by atoms with van der Waals surface area (Å²) < 4.78 is 69.6. The van der Waals surface area contributed by atoms with E-state index >= 15 is 4.39 Å². The highest BCUT2D eigenvalue weighted by molar-refractivity contribution is 6.76. The Balaban J connectivity index is 1.31. The zero-order valence-electron chi connectivity index (χ0n) is 21.6. The van der Waals surface area contributed by atoms with Crippen molar-refractivity contribution in [3.05, 3.63) is 53.1 Å². The van der Waals surface area contributed by atoms with E-state index in [2.05, 4.69) is 39.6 Å². The third kappa shape index (κ3) is 6.42. The van der Waals surface area contributed by atoms with Crippen LogP contribution < -0.4 is 4.74 Å². The van der Waals surface area contributed by atoms with Crippen molar-refractivity contribution >= 4 is 30.7 Å². The van der Waals surface area contributed by atoms with Crippen LogP contribution in [-0.4, -0.2) is 43.8 Å². The zero-order valence-corrected chi connectivity index (χ0v) is 23.4. The standard InChI is InChI=1S/C25H27ClF4N6O2Si/c1-39(2,3)9-8-37-14-35-7-6-17-21(35)33-24(26)34-23(17)38-13-15-10-18(27)20(31-11-15)22-32-19(25(28,29)30)12-36(22)16-4-5-16/h6-7,10-12,16H,4-5,8-9,13-14H2,1-3H3. The number of ether oxygens (including phenoxy) is 2.